The predicted molar refractivity (Wildman–Crippen MR) is 117 cm³/mol. The molecule has 2 aliphatic heterocycles. The molecule has 30 heavy (non-hydrogen) atoms. The van der Waals surface area contributed by atoms with Crippen molar-refractivity contribution < 1.29 is 9.59 Å². The van der Waals surface area contributed by atoms with Crippen molar-refractivity contribution in [2.75, 3.05) is 19.6 Å². The van der Waals surface area contributed by atoms with Crippen molar-refractivity contribution in [3.05, 3.63) is 66.0 Å². The number of aryl methyl sites for hydroxylation is 2. The van der Waals surface area contributed by atoms with Crippen LogP contribution in [0.5, 0.6) is 0 Å². The van der Waals surface area contributed by atoms with E-state index in [0.29, 0.717) is 19.4 Å². The molecule has 158 valence electrons. The number of likely N-dealkylation sites (tertiary alicyclic amines) is 2. The Hall–Kier alpha value is -2.69. The Bertz CT molecular complexity index is 855. The van der Waals surface area contributed by atoms with E-state index in [2.05, 4.69) is 22.0 Å². The molecule has 0 bridgehead atoms. The first-order chi connectivity index (χ1) is 14.7. The zero-order valence-corrected chi connectivity index (χ0v) is 17.6. The van der Waals surface area contributed by atoms with Gasteiger partial charge in [-0.25, -0.2) is 0 Å². The van der Waals surface area contributed by atoms with Gasteiger partial charge in [-0.2, -0.15) is 0 Å². The van der Waals surface area contributed by atoms with E-state index in [0.717, 1.165) is 57.2 Å². The van der Waals surface area contributed by atoms with Crippen LogP contribution in [-0.4, -0.2) is 51.8 Å². The molecule has 0 radical (unpaired) electrons. The maximum absolute atomic E-state index is 13.1. The van der Waals surface area contributed by atoms with Gasteiger partial charge in [0.05, 0.1) is 5.54 Å². The molecule has 1 atom stereocenters. The highest BCUT2D eigenvalue weighted by atomic mass is 16.2. The average molecular weight is 406 g/mol. The van der Waals surface area contributed by atoms with Crippen LogP contribution >= 0.6 is 0 Å². The Labute approximate surface area is 179 Å². The van der Waals surface area contributed by atoms with Crippen molar-refractivity contribution in [3.8, 4) is 0 Å². The molecule has 5 nitrogen and oxygen atoms in total. The van der Waals surface area contributed by atoms with Crippen molar-refractivity contribution in [1.29, 1.82) is 0 Å². The summed E-state index contributed by atoms with van der Waals surface area (Å²) in [5.41, 5.74) is 2.14. The lowest BCUT2D eigenvalue weighted by molar-refractivity contribution is -0.143. The number of piperidine rings is 1. The summed E-state index contributed by atoms with van der Waals surface area (Å²) in [5, 5.41) is 0. The highest BCUT2D eigenvalue weighted by Crippen LogP contribution is 2.38. The van der Waals surface area contributed by atoms with Gasteiger partial charge in [0.25, 0.3) is 0 Å². The summed E-state index contributed by atoms with van der Waals surface area (Å²) in [5.74, 6) is 0.433. The summed E-state index contributed by atoms with van der Waals surface area (Å²) in [7, 11) is 0. The maximum atomic E-state index is 13.1. The molecule has 1 aromatic heterocycles. The molecule has 3 heterocycles. The van der Waals surface area contributed by atoms with Crippen LogP contribution in [0.2, 0.25) is 0 Å². The lowest BCUT2D eigenvalue weighted by atomic mass is 9.85. The molecule has 1 unspecified atom stereocenters. The summed E-state index contributed by atoms with van der Waals surface area (Å²) in [4.78, 5) is 34.2. The minimum absolute atomic E-state index is 0.157. The summed E-state index contributed by atoms with van der Waals surface area (Å²) in [6, 6.07) is 14.1. The molecule has 2 saturated heterocycles. The number of rotatable bonds is 6. The SMILES string of the molecule is O=C(CCc1cccnc1)N1CCCC2(CCCN2C(=O)CCc2ccccc2)C1. The number of hydrogen-bond acceptors (Lipinski definition) is 3. The number of nitrogens with zero attached hydrogens (tertiary/aromatic N) is 3. The second-order valence-corrected chi connectivity index (χ2v) is 8.64. The first-order valence-electron chi connectivity index (χ1n) is 11.2. The third-order valence-corrected chi connectivity index (χ3v) is 6.63. The predicted octanol–water partition coefficient (Wildman–Crippen LogP) is 3.63. The van der Waals surface area contributed by atoms with Crippen LogP contribution in [0, 0.1) is 0 Å². The van der Waals surface area contributed by atoms with E-state index in [-0.39, 0.29) is 17.4 Å². The third-order valence-electron chi connectivity index (χ3n) is 6.63. The van der Waals surface area contributed by atoms with E-state index >= 15 is 0 Å². The molecule has 0 N–H and O–H groups in total. The number of benzene rings is 1. The molecule has 4 rings (SSSR count). The lowest BCUT2D eigenvalue weighted by Crippen LogP contribution is -2.58. The Morgan fingerprint density at radius 1 is 0.867 bits per heavy atom. The van der Waals surface area contributed by atoms with Crippen molar-refractivity contribution in [2.45, 2.75) is 56.9 Å². The van der Waals surface area contributed by atoms with Gasteiger partial charge in [-0.15, -0.1) is 0 Å². The molecule has 2 fully saturated rings. The second kappa shape index (κ2) is 9.41. The van der Waals surface area contributed by atoms with Crippen LogP contribution in [0.4, 0.5) is 0 Å². The van der Waals surface area contributed by atoms with Crippen LogP contribution in [0.15, 0.2) is 54.9 Å². The van der Waals surface area contributed by atoms with Crippen LogP contribution < -0.4 is 0 Å². The van der Waals surface area contributed by atoms with E-state index in [9.17, 15) is 9.59 Å². The van der Waals surface area contributed by atoms with Crippen LogP contribution in [0.25, 0.3) is 0 Å². The third kappa shape index (κ3) is 4.72. The van der Waals surface area contributed by atoms with Gasteiger partial charge in [0, 0.05) is 44.9 Å². The average Bonchev–Trinajstić information content (AvgIpc) is 3.19. The number of carbonyl (C=O) groups is 2. The Morgan fingerprint density at radius 2 is 1.57 bits per heavy atom. The fourth-order valence-corrected chi connectivity index (χ4v) is 5.06. The molecular weight excluding hydrogens is 374 g/mol. The van der Waals surface area contributed by atoms with Gasteiger partial charge in [0.1, 0.15) is 0 Å². The van der Waals surface area contributed by atoms with Crippen molar-refractivity contribution in [2.24, 2.45) is 0 Å². The Balaban J connectivity index is 1.36. The monoisotopic (exact) mass is 405 g/mol. The van der Waals surface area contributed by atoms with Gasteiger partial charge in [-0.3, -0.25) is 14.6 Å². The number of pyridine rings is 1. The Morgan fingerprint density at radius 3 is 2.33 bits per heavy atom. The van der Waals surface area contributed by atoms with E-state index < -0.39 is 0 Å². The smallest absolute Gasteiger partial charge is 0.223 e. The first kappa shape index (κ1) is 20.6. The van der Waals surface area contributed by atoms with Crippen LogP contribution in [0.1, 0.15) is 49.7 Å². The van der Waals surface area contributed by atoms with E-state index in [1.54, 1.807) is 6.20 Å². The zero-order chi connectivity index (χ0) is 20.8. The van der Waals surface area contributed by atoms with Gasteiger partial charge in [-0.1, -0.05) is 36.4 Å². The molecule has 0 saturated carbocycles. The fourth-order valence-electron chi connectivity index (χ4n) is 5.06. The molecule has 2 aliphatic rings. The van der Waals surface area contributed by atoms with Crippen LogP contribution in [0.3, 0.4) is 0 Å². The van der Waals surface area contributed by atoms with Gasteiger partial charge in [0.15, 0.2) is 0 Å². The molecule has 0 aliphatic carbocycles. The number of carbonyl (C=O) groups excluding carboxylic acids is 2. The molecule has 2 amide bonds. The van der Waals surface area contributed by atoms with Gasteiger partial charge in [0.2, 0.25) is 11.8 Å². The molecule has 1 spiro atoms. The highest BCUT2D eigenvalue weighted by Gasteiger charge is 2.46. The van der Waals surface area contributed by atoms with Crippen LogP contribution in [-0.2, 0) is 22.4 Å². The highest BCUT2D eigenvalue weighted by molar-refractivity contribution is 5.79. The number of amides is 2. The topological polar surface area (TPSA) is 53.5 Å². The number of aromatic nitrogens is 1. The first-order valence-corrected chi connectivity index (χ1v) is 11.2. The van der Waals surface area contributed by atoms with Crippen molar-refractivity contribution in [3.63, 3.8) is 0 Å². The second-order valence-electron chi connectivity index (χ2n) is 8.64. The number of hydrogen-bond donors (Lipinski definition) is 0. The maximum Gasteiger partial charge on any atom is 0.223 e. The van der Waals surface area contributed by atoms with Gasteiger partial charge >= 0.3 is 0 Å². The molecular formula is C25H31N3O2. The largest absolute Gasteiger partial charge is 0.340 e. The Kier molecular flexibility index (Phi) is 6.46. The van der Waals surface area contributed by atoms with Crippen molar-refractivity contribution in [1.82, 2.24) is 14.8 Å². The summed E-state index contributed by atoms with van der Waals surface area (Å²) in [6.45, 7) is 2.32. The van der Waals surface area contributed by atoms with E-state index in [1.807, 2.05) is 41.4 Å². The fraction of sp³-hybridized carbons (Fsp3) is 0.480. The minimum atomic E-state index is -0.157. The van der Waals surface area contributed by atoms with Gasteiger partial charge in [-0.05, 0) is 55.7 Å². The summed E-state index contributed by atoms with van der Waals surface area (Å²) in [6.07, 6.45) is 10.2. The van der Waals surface area contributed by atoms with E-state index in [1.165, 1.54) is 5.56 Å². The molecule has 1 aromatic carbocycles. The normalized spacial score (nSPS) is 21.2. The standard InChI is InChI=1S/C25H31N3O2/c29-23(12-11-22-9-4-16-26-19-22)27-17-5-14-25(20-27)15-6-18-28(25)24(30)13-10-21-7-2-1-3-8-21/h1-4,7-9,16,19H,5-6,10-15,17-18,20H2. The molecule has 5 heteroatoms. The van der Waals surface area contributed by atoms with E-state index in [4.69, 9.17) is 0 Å². The van der Waals surface area contributed by atoms with Crippen molar-refractivity contribution >= 4 is 11.8 Å². The molecule has 2 aromatic rings. The lowest BCUT2D eigenvalue weighted by Gasteiger charge is -2.46. The minimum Gasteiger partial charge on any atom is -0.340 e. The quantitative estimate of drug-likeness (QED) is 0.737. The summed E-state index contributed by atoms with van der Waals surface area (Å²) >= 11 is 0. The van der Waals surface area contributed by atoms with Gasteiger partial charge < -0.3 is 9.80 Å². The summed E-state index contributed by atoms with van der Waals surface area (Å²) < 4.78 is 0. The zero-order valence-electron chi connectivity index (χ0n) is 17.6.